The summed E-state index contributed by atoms with van der Waals surface area (Å²) >= 11 is 3.12. The summed E-state index contributed by atoms with van der Waals surface area (Å²) in [6, 6.07) is 0. The van der Waals surface area contributed by atoms with Crippen LogP contribution in [0.5, 0.6) is 0 Å². The van der Waals surface area contributed by atoms with E-state index >= 15 is 0 Å². The van der Waals surface area contributed by atoms with Crippen LogP contribution in [0.3, 0.4) is 0 Å². The van der Waals surface area contributed by atoms with E-state index in [2.05, 4.69) is 29.8 Å². The number of carbonyl (C=O) groups excluding carboxylic acids is 1. The minimum Gasteiger partial charge on any atom is -0.465 e. The molecule has 2 nitrogen and oxygen atoms in total. The third-order valence-electron chi connectivity index (χ3n) is 3.02. The Morgan fingerprint density at radius 2 is 1.71 bits per heavy atom. The van der Waals surface area contributed by atoms with Crippen molar-refractivity contribution >= 4 is 21.9 Å². The highest BCUT2D eigenvalue weighted by Gasteiger charge is 2.11. The summed E-state index contributed by atoms with van der Waals surface area (Å²) in [5, 5.41) is 0.309. The van der Waals surface area contributed by atoms with Crippen LogP contribution in [-0.4, -0.2) is 17.9 Å². The summed E-state index contributed by atoms with van der Waals surface area (Å²) in [7, 11) is 0. The zero-order valence-electron chi connectivity index (χ0n) is 11.3. The van der Waals surface area contributed by atoms with Crippen molar-refractivity contribution in [3.63, 3.8) is 0 Å². The van der Waals surface area contributed by atoms with E-state index in [0.29, 0.717) is 17.9 Å². The van der Waals surface area contributed by atoms with E-state index in [1.165, 1.54) is 51.4 Å². The summed E-state index contributed by atoms with van der Waals surface area (Å²) in [6.07, 6.45) is 10.0. The summed E-state index contributed by atoms with van der Waals surface area (Å²) in [5.41, 5.74) is 0. The maximum Gasteiger partial charge on any atom is 0.316 e. The molecule has 0 aromatic carbocycles. The van der Waals surface area contributed by atoms with E-state index in [9.17, 15) is 4.79 Å². The standard InChI is InChI=1S/C14H27BrO2/c1-3-5-7-8-10-13(9-6-4-2)12-17-14(16)11-15/h13H,3-12H2,1-2H3/t13-/m0/s1. The number of unbranched alkanes of at least 4 members (excludes halogenated alkanes) is 4. The van der Waals surface area contributed by atoms with E-state index in [1.807, 2.05) is 0 Å². The summed E-state index contributed by atoms with van der Waals surface area (Å²) in [6.45, 7) is 5.04. The molecule has 0 saturated carbocycles. The van der Waals surface area contributed by atoms with Crippen molar-refractivity contribution in [2.75, 3.05) is 11.9 Å². The second-order valence-electron chi connectivity index (χ2n) is 4.67. The number of carbonyl (C=O) groups is 1. The van der Waals surface area contributed by atoms with Crippen LogP contribution >= 0.6 is 15.9 Å². The molecule has 0 radical (unpaired) electrons. The Morgan fingerprint density at radius 1 is 1.06 bits per heavy atom. The molecule has 17 heavy (non-hydrogen) atoms. The van der Waals surface area contributed by atoms with Gasteiger partial charge in [-0.3, -0.25) is 4.79 Å². The maximum absolute atomic E-state index is 11.1. The van der Waals surface area contributed by atoms with Gasteiger partial charge >= 0.3 is 5.97 Å². The highest BCUT2D eigenvalue weighted by molar-refractivity contribution is 9.09. The van der Waals surface area contributed by atoms with E-state index in [-0.39, 0.29) is 5.97 Å². The SMILES string of the molecule is CCCCCC[C@H](CCCC)COC(=O)CBr. The summed E-state index contributed by atoms with van der Waals surface area (Å²) in [5.74, 6) is 0.426. The number of rotatable bonds is 11. The molecule has 0 aliphatic rings. The highest BCUT2D eigenvalue weighted by Crippen LogP contribution is 2.17. The number of esters is 1. The average molecular weight is 307 g/mol. The molecule has 3 heteroatoms. The summed E-state index contributed by atoms with van der Waals surface area (Å²) in [4.78, 5) is 11.1. The molecule has 0 aromatic heterocycles. The minimum atomic E-state index is -0.139. The van der Waals surface area contributed by atoms with Crippen LogP contribution in [0.4, 0.5) is 0 Å². The molecular weight excluding hydrogens is 280 g/mol. The molecule has 1 atom stereocenters. The van der Waals surface area contributed by atoms with Gasteiger partial charge in [0, 0.05) is 0 Å². The lowest BCUT2D eigenvalue weighted by molar-refractivity contribution is -0.141. The van der Waals surface area contributed by atoms with Crippen molar-refractivity contribution in [1.82, 2.24) is 0 Å². The zero-order chi connectivity index (χ0) is 12.9. The lowest BCUT2D eigenvalue weighted by Gasteiger charge is -2.16. The van der Waals surface area contributed by atoms with Crippen LogP contribution in [0.15, 0.2) is 0 Å². The quantitative estimate of drug-likeness (QED) is 0.314. The molecule has 0 aliphatic carbocycles. The first kappa shape index (κ1) is 16.9. The predicted molar refractivity (Wildman–Crippen MR) is 76.5 cm³/mol. The fourth-order valence-corrected chi connectivity index (χ4v) is 2.07. The van der Waals surface area contributed by atoms with Crippen molar-refractivity contribution < 1.29 is 9.53 Å². The largest absolute Gasteiger partial charge is 0.465 e. The first-order valence-corrected chi connectivity index (χ1v) is 8.08. The minimum absolute atomic E-state index is 0.139. The smallest absolute Gasteiger partial charge is 0.316 e. The van der Waals surface area contributed by atoms with Crippen LogP contribution in [0.1, 0.15) is 65.2 Å². The third kappa shape index (κ3) is 10.8. The van der Waals surface area contributed by atoms with Crippen molar-refractivity contribution in [2.24, 2.45) is 5.92 Å². The van der Waals surface area contributed by atoms with E-state index in [0.717, 1.165) is 0 Å². The van der Waals surface area contributed by atoms with E-state index in [4.69, 9.17) is 4.74 Å². The van der Waals surface area contributed by atoms with Crippen LogP contribution < -0.4 is 0 Å². The van der Waals surface area contributed by atoms with Crippen molar-refractivity contribution in [3.8, 4) is 0 Å². The van der Waals surface area contributed by atoms with Crippen LogP contribution in [0.2, 0.25) is 0 Å². The number of ether oxygens (including phenoxy) is 1. The lowest BCUT2D eigenvalue weighted by atomic mass is 9.96. The third-order valence-corrected chi connectivity index (χ3v) is 3.48. The van der Waals surface area contributed by atoms with Gasteiger partial charge in [-0.25, -0.2) is 0 Å². The molecule has 0 fully saturated rings. The van der Waals surface area contributed by atoms with Crippen LogP contribution in [-0.2, 0) is 9.53 Å². The monoisotopic (exact) mass is 306 g/mol. The maximum atomic E-state index is 11.1. The van der Waals surface area contributed by atoms with Crippen molar-refractivity contribution in [1.29, 1.82) is 0 Å². The molecule has 0 bridgehead atoms. The van der Waals surface area contributed by atoms with Gasteiger partial charge in [0.2, 0.25) is 0 Å². The Labute approximate surface area is 115 Å². The molecule has 0 aliphatic heterocycles. The van der Waals surface area contributed by atoms with Gasteiger partial charge in [0.1, 0.15) is 5.33 Å². The van der Waals surface area contributed by atoms with Gasteiger partial charge in [0.25, 0.3) is 0 Å². The van der Waals surface area contributed by atoms with E-state index < -0.39 is 0 Å². The first-order chi connectivity index (χ1) is 8.24. The van der Waals surface area contributed by atoms with Gasteiger partial charge in [0.05, 0.1) is 6.61 Å². The van der Waals surface area contributed by atoms with Crippen LogP contribution in [0, 0.1) is 5.92 Å². The second-order valence-corrected chi connectivity index (χ2v) is 5.23. The average Bonchev–Trinajstić information content (AvgIpc) is 2.36. The van der Waals surface area contributed by atoms with Gasteiger partial charge < -0.3 is 4.74 Å². The second kappa shape index (κ2) is 12.4. The van der Waals surface area contributed by atoms with Crippen molar-refractivity contribution in [2.45, 2.75) is 65.2 Å². The first-order valence-electron chi connectivity index (χ1n) is 6.96. The zero-order valence-corrected chi connectivity index (χ0v) is 12.9. The molecule has 0 unspecified atom stereocenters. The number of hydrogen-bond donors (Lipinski definition) is 0. The van der Waals surface area contributed by atoms with Gasteiger partial charge in [-0.15, -0.1) is 0 Å². The van der Waals surface area contributed by atoms with Crippen molar-refractivity contribution in [3.05, 3.63) is 0 Å². The van der Waals surface area contributed by atoms with Gasteiger partial charge in [0.15, 0.2) is 0 Å². The molecule has 0 rings (SSSR count). The van der Waals surface area contributed by atoms with Gasteiger partial charge in [-0.2, -0.15) is 0 Å². The summed E-state index contributed by atoms with van der Waals surface area (Å²) < 4.78 is 5.22. The lowest BCUT2D eigenvalue weighted by Crippen LogP contribution is -2.15. The normalized spacial score (nSPS) is 12.4. The fourth-order valence-electron chi connectivity index (χ4n) is 1.91. The topological polar surface area (TPSA) is 26.3 Å². The number of hydrogen-bond acceptors (Lipinski definition) is 2. The fraction of sp³-hybridized carbons (Fsp3) is 0.929. The Kier molecular flexibility index (Phi) is 12.4. The molecule has 0 N–H and O–H groups in total. The Hall–Kier alpha value is -0.0500. The molecule has 0 spiro atoms. The highest BCUT2D eigenvalue weighted by atomic mass is 79.9. The van der Waals surface area contributed by atoms with E-state index in [1.54, 1.807) is 0 Å². The van der Waals surface area contributed by atoms with Crippen LogP contribution in [0.25, 0.3) is 0 Å². The molecule has 0 heterocycles. The molecule has 0 saturated heterocycles. The molecule has 0 aromatic rings. The predicted octanol–water partition coefficient (Wildman–Crippen LogP) is 4.70. The number of halogens is 1. The Morgan fingerprint density at radius 3 is 2.29 bits per heavy atom. The molecular formula is C14H27BrO2. The number of alkyl halides is 1. The van der Waals surface area contributed by atoms with Gasteiger partial charge in [-0.1, -0.05) is 68.3 Å². The Balaban J connectivity index is 3.74. The molecule has 0 amide bonds. The Bertz CT molecular complexity index is 183. The van der Waals surface area contributed by atoms with Gasteiger partial charge in [-0.05, 0) is 18.8 Å². The molecule has 102 valence electrons.